The van der Waals surface area contributed by atoms with Crippen molar-refractivity contribution >= 4 is 23.0 Å². The third kappa shape index (κ3) is 3.64. The second-order valence-electron chi connectivity index (χ2n) is 6.13. The predicted octanol–water partition coefficient (Wildman–Crippen LogP) is 5.80. The Bertz CT molecular complexity index is 1090. The number of anilines is 1. The van der Waals surface area contributed by atoms with E-state index in [1.54, 1.807) is 24.3 Å². The molecular weight excluding hydrogens is 370 g/mol. The van der Waals surface area contributed by atoms with Crippen molar-refractivity contribution in [2.24, 2.45) is 9.98 Å². The molecule has 3 aromatic carbocycles. The number of amidine groups is 2. The third-order valence-electron chi connectivity index (χ3n) is 4.15. The highest BCUT2D eigenvalue weighted by molar-refractivity contribution is 6.19. The number of aliphatic imine (C=N–C) groups is 2. The van der Waals surface area contributed by atoms with Gasteiger partial charge in [0.1, 0.15) is 11.7 Å². The lowest BCUT2D eigenvalue weighted by atomic mass is 10.1. The van der Waals surface area contributed by atoms with E-state index in [1.807, 2.05) is 6.07 Å². The van der Waals surface area contributed by atoms with Gasteiger partial charge in [0.25, 0.3) is 0 Å². The highest BCUT2D eigenvalue weighted by atomic mass is 19.4. The van der Waals surface area contributed by atoms with Crippen molar-refractivity contribution in [1.82, 2.24) is 0 Å². The number of alkyl halides is 3. The zero-order valence-electron chi connectivity index (χ0n) is 14.3. The van der Waals surface area contributed by atoms with Gasteiger partial charge < -0.3 is 5.32 Å². The van der Waals surface area contributed by atoms with Crippen LogP contribution in [0, 0.1) is 5.82 Å². The van der Waals surface area contributed by atoms with Crippen LogP contribution in [0.1, 0.15) is 16.7 Å². The Kier molecular flexibility index (Phi) is 4.43. The summed E-state index contributed by atoms with van der Waals surface area (Å²) >= 11 is 0. The smallest absolute Gasteiger partial charge is 0.338 e. The van der Waals surface area contributed by atoms with E-state index in [0.717, 1.165) is 12.1 Å². The Labute approximate surface area is 158 Å². The van der Waals surface area contributed by atoms with Gasteiger partial charge in [0.05, 0.1) is 16.9 Å². The molecule has 1 N–H and O–H groups in total. The minimum Gasteiger partial charge on any atom is -0.338 e. The Morgan fingerprint density at radius 3 is 2.25 bits per heavy atom. The van der Waals surface area contributed by atoms with Crippen molar-refractivity contribution in [2.75, 3.05) is 5.32 Å². The van der Waals surface area contributed by atoms with Crippen LogP contribution in [-0.2, 0) is 6.18 Å². The van der Waals surface area contributed by atoms with Gasteiger partial charge in [-0.3, -0.25) is 0 Å². The first-order valence-corrected chi connectivity index (χ1v) is 8.37. The zero-order valence-corrected chi connectivity index (χ0v) is 14.3. The molecule has 0 spiro atoms. The molecule has 0 atom stereocenters. The van der Waals surface area contributed by atoms with E-state index in [-0.39, 0.29) is 11.4 Å². The fraction of sp³-hybridized carbons (Fsp3) is 0.0476. The molecule has 0 aromatic heterocycles. The first-order valence-electron chi connectivity index (χ1n) is 8.37. The number of hydrogen-bond acceptors (Lipinski definition) is 3. The van der Waals surface area contributed by atoms with Crippen LogP contribution in [0.5, 0.6) is 0 Å². The van der Waals surface area contributed by atoms with Gasteiger partial charge in [0.2, 0.25) is 0 Å². The molecule has 0 aliphatic carbocycles. The standard InChI is InChI=1S/C21H13F4N3/c22-16-9-10-17-18(12-16)27-20(14-7-4-8-15(11-14)21(23,24)25)28-19(26-17)13-5-2-1-3-6-13/h1-12H,(H,26,27,28). The monoisotopic (exact) mass is 383 g/mol. The molecule has 4 rings (SSSR count). The highest BCUT2D eigenvalue weighted by Crippen LogP contribution is 2.32. The van der Waals surface area contributed by atoms with E-state index in [4.69, 9.17) is 0 Å². The van der Waals surface area contributed by atoms with Crippen LogP contribution in [0.15, 0.2) is 82.8 Å². The number of fused-ring (bicyclic) bond motifs is 1. The normalized spacial score (nSPS) is 13.7. The van der Waals surface area contributed by atoms with Crippen LogP contribution >= 0.6 is 0 Å². The summed E-state index contributed by atoms with van der Waals surface area (Å²) in [4.78, 5) is 8.92. The lowest BCUT2D eigenvalue weighted by Crippen LogP contribution is -2.16. The molecule has 0 unspecified atom stereocenters. The molecule has 7 heteroatoms. The van der Waals surface area contributed by atoms with Crippen LogP contribution in [0.25, 0.3) is 0 Å². The molecule has 3 nitrogen and oxygen atoms in total. The summed E-state index contributed by atoms with van der Waals surface area (Å²) < 4.78 is 53.1. The fourth-order valence-electron chi connectivity index (χ4n) is 2.80. The molecule has 0 saturated carbocycles. The maximum Gasteiger partial charge on any atom is 0.416 e. The number of hydrogen-bond donors (Lipinski definition) is 1. The van der Waals surface area contributed by atoms with Crippen LogP contribution in [0.3, 0.4) is 0 Å². The molecule has 28 heavy (non-hydrogen) atoms. The molecule has 3 aromatic rings. The molecule has 0 bridgehead atoms. The van der Waals surface area contributed by atoms with Crippen LogP contribution in [0.4, 0.5) is 28.9 Å². The maximum absolute atomic E-state index is 13.7. The van der Waals surface area contributed by atoms with Gasteiger partial charge in [-0.15, -0.1) is 0 Å². The number of halogens is 4. The van der Waals surface area contributed by atoms with Crippen molar-refractivity contribution < 1.29 is 17.6 Å². The average molecular weight is 383 g/mol. The van der Waals surface area contributed by atoms with Crippen LogP contribution < -0.4 is 5.32 Å². The average Bonchev–Trinajstić information content (AvgIpc) is 2.87. The maximum atomic E-state index is 13.7. The minimum atomic E-state index is -4.48. The topological polar surface area (TPSA) is 36.8 Å². The van der Waals surface area contributed by atoms with Crippen LogP contribution in [0.2, 0.25) is 0 Å². The van der Waals surface area contributed by atoms with Crippen molar-refractivity contribution in [3.63, 3.8) is 0 Å². The Balaban J connectivity index is 1.88. The van der Waals surface area contributed by atoms with Gasteiger partial charge in [0, 0.05) is 11.1 Å². The molecule has 0 fully saturated rings. The zero-order chi connectivity index (χ0) is 19.7. The first-order chi connectivity index (χ1) is 13.4. The van der Waals surface area contributed by atoms with Crippen molar-refractivity contribution in [2.45, 2.75) is 6.18 Å². The van der Waals surface area contributed by atoms with Gasteiger partial charge >= 0.3 is 6.18 Å². The molecule has 0 saturated heterocycles. The molecule has 1 aliphatic rings. The van der Waals surface area contributed by atoms with Gasteiger partial charge in [0.15, 0.2) is 5.84 Å². The Morgan fingerprint density at radius 2 is 1.50 bits per heavy atom. The summed E-state index contributed by atoms with van der Waals surface area (Å²) in [5.74, 6) is -0.0306. The SMILES string of the molecule is Fc1ccc2c(c1)NC(c1cccc(C(F)(F)F)c1)=NC(c1ccccc1)=N2. The molecule has 1 aliphatic heterocycles. The summed E-state index contributed by atoms with van der Waals surface area (Å²) in [6.07, 6.45) is -4.48. The predicted molar refractivity (Wildman–Crippen MR) is 101 cm³/mol. The molecular formula is C21H13F4N3. The molecule has 0 amide bonds. The van der Waals surface area contributed by atoms with Gasteiger partial charge in [-0.05, 0) is 30.3 Å². The highest BCUT2D eigenvalue weighted by Gasteiger charge is 2.31. The minimum absolute atomic E-state index is 0.151. The summed E-state index contributed by atoms with van der Waals surface area (Å²) in [6, 6.07) is 17.8. The molecule has 140 valence electrons. The van der Waals surface area contributed by atoms with Crippen LogP contribution in [-0.4, -0.2) is 11.7 Å². The number of rotatable bonds is 2. The second-order valence-corrected chi connectivity index (χ2v) is 6.13. The summed E-state index contributed by atoms with van der Waals surface area (Å²) in [7, 11) is 0. The Hall–Kier alpha value is -3.48. The van der Waals surface area contributed by atoms with E-state index >= 15 is 0 Å². The van der Waals surface area contributed by atoms with E-state index in [2.05, 4.69) is 15.3 Å². The lowest BCUT2D eigenvalue weighted by Gasteiger charge is -2.12. The number of nitrogens with zero attached hydrogens (tertiary/aromatic N) is 2. The van der Waals surface area contributed by atoms with Crippen molar-refractivity contribution in [1.29, 1.82) is 0 Å². The van der Waals surface area contributed by atoms with E-state index in [9.17, 15) is 17.6 Å². The first kappa shape index (κ1) is 17.9. The van der Waals surface area contributed by atoms with Crippen molar-refractivity contribution in [3.8, 4) is 0 Å². The summed E-state index contributed by atoms with van der Waals surface area (Å²) in [5.41, 5.74) is 0.867. The van der Waals surface area contributed by atoms with Gasteiger partial charge in [-0.1, -0.05) is 42.5 Å². The Morgan fingerprint density at radius 1 is 0.750 bits per heavy atom. The van der Waals surface area contributed by atoms with Gasteiger partial charge in [-0.2, -0.15) is 13.2 Å². The molecule has 1 heterocycles. The molecule has 0 radical (unpaired) electrons. The van der Waals surface area contributed by atoms with E-state index in [1.165, 1.54) is 30.3 Å². The van der Waals surface area contributed by atoms with Gasteiger partial charge in [-0.25, -0.2) is 14.4 Å². The van der Waals surface area contributed by atoms with E-state index < -0.39 is 17.6 Å². The summed E-state index contributed by atoms with van der Waals surface area (Å²) in [5, 5.41) is 2.92. The third-order valence-corrected chi connectivity index (χ3v) is 4.15. The van der Waals surface area contributed by atoms with Crippen molar-refractivity contribution in [3.05, 3.63) is 95.3 Å². The van der Waals surface area contributed by atoms with E-state index in [0.29, 0.717) is 22.8 Å². The number of nitrogens with one attached hydrogen (secondary N) is 1. The quantitative estimate of drug-likeness (QED) is 0.558. The lowest BCUT2D eigenvalue weighted by molar-refractivity contribution is -0.137. The largest absolute Gasteiger partial charge is 0.416 e. The number of benzene rings is 3. The second kappa shape index (κ2) is 6.92. The summed E-state index contributed by atoms with van der Waals surface area (Å²) in [6.45, 7) is 0. The fourth-order valence-corrected chi connectivity index (χ4v) is 2.80.